The van der Waals surface area contributed by atoms with Crippen LogP contribution in [0.15, 0.2) is 23.9 Å². The molecule has 1 amide bonds. The second kappa shape index (κ2) is 6.78. The van der Waals surface area contributed by atoms with Crippen LogP contribution >= 0.6 is 0 Å². The molecule has 0 aliphatic rings. The highest BCUT2D eigenvalue weighted by atomic mass is 16.5. The molecule has 0 spiro atoms. The normalized spacial score (nSPS) is 11.3. The average molecular weight is 264 g/mol. The number of nitrogens with zero attached hydrogens (tertiary/aromatic N) is 1. The van der Waals surface area contributed by atoms with Crippen molar-refractivity contribution in [2.24, 2.45) is 7.05 Å². The minimum atomic E-state index is -0.397. The number of allylic oxidation sites excluding steroid dienone is 1. The number of esters is 1. The lowest BCUT2D eigenvalue weighted by Gasteiger charge is -2.01. The SMILES string of the molecule is CC/C=C(/C)C(=O)Nc1cc(C(=O)OCC)n(C)c1. The van der Waals surface area contributed by atoms with Crippen LogP contribution in [-0.2, 0) is 16.6 Å². The molecule has 0 bridgehead atoms. The summed E-state index contributed by atoms with van der Waals surface area (Å²) in [6, 6.07) is 1.61. The summed E-state index contributed by atoms with van der Waals surface area (Å²) >= 11 is 0. The number of hydrogen-bond donors (Lipinski definition) is 1. The lowest BCUT2D eigenvalue weighted by Crippen LogP contribution is -2.12. The van der Waals surface area contributed by atoms with Crippen LogP contribution in [0.1, 0.15) is 37.7 Å². The molecular formula is C14H20N2O3. The average Bonchev–Trinajstić information content (AvgIpc) is 2.70. The first-order valence-electron chi connectivity index (χ1n) is 6.31. The standard InChI is InChI=1S/C14H20N2O3/c1-5-7-10(3)13(17)15-11-8-12(16(4)9-11)14(18)19-6-2/h7-9H,5-6H2,1-4H3,(H,15,17)/b10-7-. The lowest BCUT2D eigenvalue weighted by atomic mass is 10.2. The van der Waals surface area contributed by atoms with Gasteiger partial charge in [0, 0.05) is 18.8 Å². The Balaban J connectivity index is 2.82. The summed E-state index contributed by atoms with van der Waals surface area (Å²) < 4.78 is 6.56. The van der Waals surface area contributed by atoms with Crippen molar-refractivity contribution < 1.29 is 14.3 Å². The van der Waals surface area contributed by atoms with Gasteiger partial charge in [0.15, 0.2) is 0 Å². The van der Waals surface area contributed by atoms with Gasteiger partial charge in [-0.15, -0.1) is 0 Å². The summed E-state index contributed by atoms with van der Waals surface area (Å²) in [5, 5.41) is 2.75. The highest BCUT2D eigenvalue weighted by Gasteiger charge is 2.14. The molecule has 1 N–H and O–H groups in total. The van der Waals surface area contributed by atoms with E-state index in [1.165, 1.54) is 0 Å². The third kappa shape index (κ3) is 3.98. The molecule has 1 aromatic heterocycles. The summed E-state index contributed by atoms with van der Waals surface area (Å²) in [5.41, 5.74) is 1.65. The highest BCUT2D eigenvalue weighted by molar-refractivity contribution is 6.03. The maximum Gasteiger partial charge on any atom is 0.355 e. The summed E-state index contributed by atoms with van der Waals surface area (Å²) in [6.07, 6.45) is 4.34. The predicted molar refractivity (Wildman–Crippen MR) is 74.0 cm³/mol. The number of amides is 1. The van der Waals surface area contributed by atoms with Crippen molar-refractivity contribution in [2.75, 3.05) is 11.9 Å². The molecule has 0 radical (unpaired) electrons. The topological polar surface area (TPSA) is 60.3 Å². The van der Waals surface area contributed by atoms with E-state index in [0.717, 1.165) is 6.42 Å². The quantitative estimate of drug-likeness (QED) is 0.656. The Morgan fingerprint density at radius 2 is 2.11 bits per heavy atom. The van der Waals surface area contributed by atoms with E-state index < -0.39 is 5.97 Å². The van der Waals surface area contributed by atoms with Crippen LogP contribution in [0.25, 0.3) is 0 Å². The number of ether oxygens (including phenoxy) is 1. The number of carbonyl (C=O) groups is 2. The number of hydrogen-bond acceptors (Lipinski definition) is 3. The molecular weight excluding hydrogens is 244 g/mol. The smallest absolute Gasteiger partial charge is 0.355 e. The van der Waals surface area contributed by atoms with E-state index in [0.29, 0.717) is 23.6 Å². The van der Waals surface area contributed by atoms with Crippen LogP contribution in [-0.4, -0.2) is 23.1 Å². The van der Waals surface area contributed by atoms with Crippen LogP contribution in [0.3, 0.4) is 0 Å². The molecule has 0 saturated heterocycles. The van der Waals surface area contributed by atoms with Gasteiger partial charge < -0.3 is 14.6 Å². The first kappa shape index (κ1) is 15.0. The van der Waals surface area contributed by atoms with E-state index in [1.807, 2.05) is 13.0 Å². The number of rotatable bonds is 5. The van der Waals surface area contributed by atoms with Gasteiger partial charge in [-0.2, -0.15) is 0 Å². The lowest BCUT2D eigenvalue weighted by molar-refractivity contribution is -0.112. The fourth-order valence-corrected chi connectivity index (χ4v) is 1.67. The molecule has 1 rings (SSSR count). The highest BCUT2D eigenvalue weighted by Crippen LogP contribution is 2.15. The van der Waals surface area contributed by atoms with Crippen molar-refractivity contribution >= 4 is 17.6 Å². The molecule has 1 aromatic rings. The molecule has 1 heterocycles. The van der Waals surface area contributed by atoms with Crippen molar-refractivity contribution in [3.05, 3.63) is 29.6 Å². The zero-order valence-corrected chi connectivity index (χ0v) is 11.8. The van der Waals surface area contributed by atoms with Crippen molar-refractivity contribution in [1.82, 2.24) is 4.57 Å². The number of anilines is 1. The molecule has 0 aliphatic heterocycles. The molecule has 5 heteroatoms. The molecule has 0 aromatic carbocycles. The maximum absolute atomic E-state index is 11.8. The van der Waals surface area contributed by atoms with Crippen LogP contribution in [0.5, 0.6) is 0 Å². The maximum atomic E-state index is 11.8. The Bertz CT molecular complexity index is 501. The second-order valence-electron chi connectivity index (χ2n) is 4.19. The van der Waals surface area contributed by atoms with Crippen molar-refractivity contribution in [2.45, 2.75) is 27.2 Å². The molecule has 0 fully saturated rings. The number of aromatic nitrogens is 1. The molecule has 0 saturated carbocycles. The molecule has 104 valence electrons. The van der Waals surface area contributed by atoms with Gasteiger partial charge in [-0.1, -0.05) is 13.0 Å². The summed E-state index contributed by atoms with van der Waals surface area (Å²) in [5.74, 6) is -0.561. The zero-order valence-electron chi connectivity index (χ0n) is 11.8. The Kier molecular flexibility index (Phi) is 5.36. The van der Waals surface area contributed by atoms with Crippen molar-refractivity contribution in [1.29, 1.82) is 0 Å². The molecule has 0 atom stereocenters. The van der Waals surface area contributed by atoms with Gasteiger partial charge in [0.05, 0.1) is 12.3 Å². The summed E-state index contributed by atoms with van der Waals surface area (Å²) in [6.45, 7) is 5.80. The van der Waals surface area contributed by atoms with Gasteiger partial charge >= 0.3 is 5.97 Å². The summed E-state index contributed by atoms with van der Waals surface area (Å²) in [4.78, 5) is 23.4. The monoisotopic (exact) mass is 264 g/mol. The molecule has 0 unspecified atom stereocenters. The largest absolute Gasteiger partial charge is 0.461 e. The van der Waals surface area contributed by atoms with Gasteiger partial charge in [-0.3, -0.25) is 4.79 Å². The second-order valence-corrected chi connectivity index (χ2v) is 4.19. The minimum absolute atomic E-state index is 0.164. The van der Waals surface area contributed by atoms with Crippen LogP contribution < -0.4 is 5.32 Å². The molecule has 5 nitrogen and oxygen atoms in total. The van der Waals surface area contributed by atoms with Gasteiger partial charge in [-0.05, 0) is 26.3 Å². The Morgan fingerprint density at radius 3 is 2.68 bits per heavy atom. The minimum Gasteiger partial charge on any atom is -0.461 e. The van der Waals surface area contributed by atoms with Crippen LogP contribution in [0, 0.1) is 0 Å². The Labute approximate surface area is 113 Å². The zero-order chi connectivity index (χ0) is 14.4. The first-order valence-corrected chi connectivity index (χ1v) is 6.31. The first-order chi connectivity index (χ1) is 8.99. The number of carbonyl (C=O) groups excluding carboxylic acids is 2. The van der Waals surface area contributed by atoms with Crippen LogP contribution in [0.2, 0.25) is 0 Å². The van der Waals surface area contributed by atoms with E-state index in [4.69, 9.17) is 4.74 Å². The third-order valence-electron chi connectivity index (χ3n) is 2.62. The van der Waals surface area contributed by atoms with E-state index in [2.05, 4.69) is 5.32 Å². The van der Waals surface area contributed by atoms with E-state index in [1.54, 1.807) is 37.7 Å². The van der Waals surface area contributed by atoms with E-state index >= 15 is 0 Å². The predicted octanol–water partition coefficient (Wildman–Crippen LogP) is 2.50. The third-order valence-corrected chi connectivity index (χ3v) is 2.62. The fourth-order valence-electron chi connectivity index (χ4n) is 1.67. The van der Waals surface area contributed by atoms with Gasteiger partial charge in [0.1, 0.15) is 5.69 Å². The van der Waals surface area contributed by atoms with Crippen LogP contribution in [0.4, 0.5) is 5.69 Å². The summed E-state index contributed by atoms with van der Waals surface area (Å²) in [7, 11) is 1.73. The number of aryl methyl sites for hydroxylation is 1. The number of nitrogens with one attached hydrogen (secondary N) is 1. The fraction of sp³-hybridized carbons (Fsp3) is 0.429. The van der Waals surface area contributed by atoms with Crippen molar-refractivity contribution in [3.63, 3.8) is 0 Å². The Hall–Kier alpha value is -2.04. The van der Waals surface area contributed by atoms with E-state index in [-0.39, 0.29) is 5.91 Å². The molecule has 19 heavy (non-hydrogen) atoms. The molecule has 0 aliphatic carbocycles. The van der Waals surface area contributed by atoms with Gasteiger partial charge in [-0.25, -0.2) is 4.79 Å². The van der Waals surface area contributed by atoms with E-state index in [9.17, 15) is 9.59 Å². The van der Waals surface area contributed by atoms with Crippen molar-refractivity contribution in [3.8, 4) is 0 Å². The Morgan fingerprint density at radius 1 is 1.42 bits per heavy atom. The van der Waals surface area contributed by atoms with Gasteiger partial charge in [0.25, 0.3) is 5.91 Å². The van der Waals surface area contributed by atoms with Gasteiger partial charge in [0.2, 0.25) is 0 Å².